The molecule has 3 aromatic rings. The summed E-state index contributed by atoms with van der Waals surface area (Å²) in [5.41, 5.74) is 4.23. The quantitative estimate of drug-likeness (QED) is 0.443. The summed E-state index contributed by atoms with van der Waals surface area (Å²) in [6.45, 7) is 0. The molecule has 0 heterocycles. The van der Waals surface area contributed by atoms with Crippen molar-refractivity contribution in [3.63, 3.8) is 0 Å². The SMILES string of the molecule is BrS(Cc1ccccc1)(Cc1ccccc1)Cc1ccccc1. The van der Waals surface area contributed by atoms with E-state index in [9.17, 15) is 0 Å². The van der Waals surface area contributed by atoms with E-state index in [1.165, 1.54) is 16.7 Å². The van der Waals surface area contributed by atoms with Crippen LogP contribution in [0.1, 0.15) is 16.7 Å². The molecule has 0 aliphatic heterocycles. The largest absolute Gasteiger partial charge is 0.171 e. The van der Waals surface area contributed by atoms with Gasteiger partial charge in [0.05, 0.1) is 0 Å². The fourth-order valence-corrected chi connectivity index (χ4v) is 7.83. The van der Waals surface area contributed by atoms with Crippen molar-refractivity contribution in [1.29, 1.82) is 0 Å². The predicted molar refractivity (Wildman–Crippen MR) is 107 cm³/mol. The lowest BCUT2D eigenvalue weighted by atomic mass is 10.2. The van der Waals surface area contributed by atoms with Gasteiger partial charge in [-0.25, -0.2) is 0 Å². The minimum atomic E-state index is -0.986. The topological polar surface area (TPSA) is 0 Å². The summed E-state index contributed by atoms with van der Waals surface area (Å²) >= 11 is 4.18. The molecule has 0 unspecified atom stereocenters. The summed E-state index contributed by atoms with van der Waals surface area (Å²) < 4.78 is 0. The van der Waals surface area contributed by atoms with Crippen LogP contribution in [0.3, 0.4) is 0 Å². The fourth-order valence-electron chi connectivity index (χ4n) is 2.77. The number of halogens is 1. The van der Waals surface area contributed by atoms with Crippen LogP contribution in [0.25, 0.3) is 0 Å². The zero-order valence-corrected chi connectivity index (χ0v) is 15.5. The Bertz CT molecular complexity index is 609. The molecule has 3 rings (SSSR count). The van der Waals surface area contributed by atoms with Gasteiger partial charge >= 0.3 is 0 Å². The lowest BCUT2D eigenvalue weighted by molar-refractivity contribution is 1.28. The van der Waals surface area contributed by atoms with E-state index in [0.29, 0.717) is 0 Å². The van der Waals surface area contributed by atoms with E-state index in [1.807, 2.05) is 0 Å². The summed E-state index contributed by atoms with van der Waals surface area (Å²) in [6.07, 6.45) is 0. The molecule has 0 fully saturated rings. The van der Waals surface area contributed by atoms with E-state index < -0.39 is 8.46 Å². The van der Waals surface area contributed by atoms with Gasteiger partial charge in [-0.3, -0.25) is 0 Å². The molecule has 0 saturated carbocycles. The Hall–Kier alpha value is -1.51. The van der Waals surface area contributed by atoms with Crippen molar-refractivity contribution < 1.29 is 0 Å². The first-order chi connectivity index (χ1) is 11.2. The highest BCUT2D eigenvalue weighted by Crippen LogP contribution is 2.63. The number of rotatable bonds is 6. The molecule has 0 N–H and O–H groups in total. The third-order valence-corrected chi connectivity index (χ3v) is 8.42. The Labute approximate surface area is 148 Å². The minimum Gasteiger partial charge on any atom is -0.171 e. The Balaban J connectivity index is 1.85. The van der Waals surface area contributed by atoms with E-state index >= 15 is 0 Å². The van der Waals surface area contributed by atoms with Crippen LogP contribution >= 0.6 is 23.3 Å². The molecule has 0 amide bonds. The smallest absolute Gasteiger partial charge is 0.0122 e. The first kappa shape index (κ1) is 16.4. The summed E-state index contributed by atoms with van der Waals surface area (Å²) in [4.78, 5) is 0. The van der Waals surface area contributed by atoms with Gasteiger partial charge in [-0.1, -0.05) is 91.0 Å². The van der Waals surface area contributed by atoms with Gasteiger partial charge in [-0.2, -0.15) is 8.46 Å². The van der Waals surface area contributed by atoms with Crippen LogP contribution < -0.4 is 0 Å². The van der Waals surface area contributed by atoms with Gasteiger partial charge in [0.25, 0.3) is 0 Å². The van der Waals surface area contributed by atoms with Crippen molar-refractivity contribution in [1.82, 2.24) is 0 Å². The average molecular weight is 385 g/mol. The minimum absolute atomic E-state index is 0.986. The van der Waals surface area contributed by atoms with Crippen LogP contribution in [0.4, 0.5) is 0 Å². The third-order valence-electron chi connectivity index (χ3n) is 3.80. The van der Waals surface area contributed by atoms with Gasteiger partial charge in [0, 0.05) is 17.3 Å². The zero-order chi connectivity index (χ0) is 16.0. The molecule has 118 valence electrons. The molecular weight excluding hydrogens is 364 g/mol. The second kappa shape index (κ2) is 7.85. The molecule has 0 atom stereocenters. The zero-order valence-electron chi connectivity index (χ0n) is 13.1. The van der Waals surface area contributed by atoms with E-state index in [4.69, 9.17) is 0 Å². The molecule has 0 nitrogen and oxygen atoms in total. The van der Waals surface area contributed by atoms with Crippen LogP contribution in [-0.2, 0) is 17.3 Å². The van der Waals surface area contributed by atoms with Crippen LogP contribution in [0.15, 0.2) is 91.0 Å². The third kappa shape index (κ3) is 4.98. The lowest BCUT2D eigenvalue weighted by Crippen LogP contribution is -2.04. The van der Waals surface area contributed by atoms with Gasteiger partial charge in [0.2, 0.25) is 0 Å². The average Bonchev–Trinajstić information content (AvgIpc) is 2.57. The highest BCUT2D eigenvalue weighted by molar-refractivity contribution is 9.57. The van der Waals surface area contributed by atoms with E-state index in [-0.39, 0.29) is 0 Å². The van der Waals surface area contributed by atoms with E-state index in [0.717, 1.165) is 17.3 Å². The van der Waals surface area contributed by atoms with E-state index in [1.54, 1.807) is 0 Å². The van der Waals surface area contributed by atoms with Gasteiger partial charge in [-0.05, 0) is 31.5 Å². The molecule has 0 aromatic heterocycles. The standard InChI is InChI=1S/C21H21BrS/c22-23(16-19-10-4-1-5-11-19,17-20-12-6-2-7-13-20)18-21-14-8-3-9-15-21/h1-15H,16-18H2. The summed E-state index contributed by atoms with van der Waals surface area (Å²) in [6, 6.07) is 32.5. The van der Waals surface area contributed by atoms with Gasteiger partial charge in [0.1, 0.15) is 0 Å². The van der Waals surface area contributed by atoms with Gasteiger partial charge < -0.3 is 0 Å². The Morgan fingerprint density at radius 3 is 1.00 bits per heavy atom. The number of benzene rings is 3. The Kier molecular flexibility index (Phi) is 5.58. The van der Waals surface area contributed by atoms with Crippen molar-refractivity contribution in [3.05, 3.63) is 108 Å². The lowest BCUT2D eigenvalue weighted by Gasteiger charge is -2.34. The monoisotopic (exact) mass is 384 g/mol. The molecule has 0 saturated heterocycles. The van der Waals surface area contributed by atoms with Crippen molar-refractivity contribution >= 4 is 23.3 Å². The fraction of sp³-hybridized carbons (Fsp3) is 0.143. The first-order valence-corrected chi connectivity index (χ1v) is 11.8. The van der Waals surface area contributed by atoms with Gasteiger partial charge in [-0.15, -0.1) is 0 Å². The van der Waals surface area contributed by atoms with Crippen LogP contribution in [-0.4, -0.2) is 0 Å². The van der Waals surface area contributed by atoms with Crippen molar-refractivity contribution in [2.45, 2.75) is 17.3 Å². The first-order valence-electron chi connectivity index (χ1n) is 7.81. The Morgan fingerprint density at radius 2 is 0.739 bits per heavy atom. The molecule has 3 aromatic carbocycles. The summed E-state index contributed by atoms with van der Waals surface area (Å²) in [7, 11) is -0.986. The number of hydrogen-bond acceptors (Lipinski definition) is 0. The molecular formula is C21H21BrS. The summed E-state index contributed by atoms with van der Waals surface area (Å²) in [5.74, 6) is 3.28. The molecule has 0 radical (unpaired) electrons. The highest BCUT2D eigenvalue weighted by atomic mass is 79.9. The maximum absolute atomic E-state index is 4.18. The van der Waals surface area contributed by atoms with Crippen molar-refractivity contribution in [2.24, 2.45) is 0 Å². The molecule has 2 heteroatoms. The summed E-state index contributed by atoms with van der Waals surface area (Å²) in [5, 5.41) is 0. The Morgan fingerprint density at radius 1 is 0.478 bits per heavy atom. The second-order valence-corrected chi connectivity index (χ2v) is 12.7. The maximum atomic E-state index is 4.18. The second-order valence-electron chi connectivity index (χ2n) is 5.83. The molecule has 0 bridgehead atoms. The normalized spacial score (nSPS) is 12.0. The van der Waals surface area contributed by atoms with Crippen molar-refractivity contribution in [3.8, 4) is 0 Å². The van der Waals surface area contributed by atoms with Crippen LogP contribution in [0.5, 0.6) is 0 Å². The van der Waals surface area contributed by atoms with Crippen LogP contribution in [0, 0.1) is 0 Å². The van der Waals surface area contributed by atoms with Gasteiger partial charge in [0.15, 0.2) is 0 Å². The highest BCUT2D eigenvalue weighted by Gasteiger charge is 2.22. The van der Waals surface area contributed by atoms with E-state index in [2.05, 4.69) is 106 Å². The number of hydrogen-bond donors (Lipinski definition) is 0. The molecule has 0 spiro atoms. The van der Waals surface area contributed by atoms with Crippen molar-refractivity contribution in [2.75, 3.05) is 0 Å². The van der Waals surface area contributed by atoms with Crippen LogP contribution in [0.2, 0.25) is 0 Å². The predicted octanol–water partition coefficient (Wildman–Crippen LogP) is 6.70. The molecule has 23 heavy (non-hydrogen) atoms. The molecule has 0 aliphatic carbocycles. The maximum Gasteiger partial charge on any atom is 0.0122 e. The molecule has 0 aliphatic rings.